The molecular formula is C12H20N2O2S. The molecule has 1 rings (SSSR count). The largest absolute Gasteiger partial charge is 0.398 e. The summed E-state index contributed by atoms with van der Waals surface area (Å²) < 4.78 is 26.0. The highest BCUT2D eigenvalue weighted by Crippen LogP contribution is 2.20. The third kappa shape index (κ3) is 2.98. The first-order valence-corrected chi connectivity index (χ1v) is 7.23. The summed E-state index contributed by atoms with van der Waals surface area (Å²) in [5, 5.41) is 0. The molecule has 0 saturated carbocycles. The van der Waals surface area contributed by atoms with Gasteiger partial charge in [0.15, 0.2) is 0 Å². The van der Waals surface area contributed by atoms with E-state index in [9.17, 15) is 8.42 Å². The minimum absolute atomic E-state index is 0.274. The Bertz CT molecular complexity index is 483. The Hall–Kier alpha value is -1.07. The molecule has 0 aliphatic rings. The van der Waals surface area contributed by atoms with Gasteiger partial charge in [0, 0.05) is 18.8 Å². The predicted octanol–water partition coefficient (Wildman–Crippen LogP) is 2.00. The Morgan fingerprint density at radius 2 is 1.94 bits per heavy atom. The van der Waals surface area contributed by atoms with Crippen LogP contribution in [0.25, 0.3) is 0 Å². The van der Waals surface area contributed by atoms with Crippen LogP contribution >= 0.6 is 0 Å². The first-order valence-electron chi connectivity index (χ1n) is 5.79. The number of nitrogens with zero attached hydrogens (tertiary/aromatic N) is 1. The maximum absolute atomic E-state index is 12.3. The van der Waals surface area contributed by atoms with E-state index in [1.54, 1.807) is 12.1 Å². The molecule has 1 aromatic carbocycles. The topological polar surface area (TPSA) is 63.4 Å². The zero-order valence-electron chi connectivity index (χ0n) is 10.6. The zero-order valence-corrected chi connectivity index (χ0v) is 11.4. The van der Waals surface area contributed by atoms with Crippen LogP contribution in [0.5, 0.6) is 0 Å². The lowest BCUT2D eigenvalue weighted by Crippen LogP contribution is -2.31. The molecule has 96 valence electrons. The van der Waals surface area contributed by atoms with E-state index in [-0.39, 0.29) is 4.90 Å². The Morgan fingerprint density at radius 3 is 2.41 bits per heavy atom. The second-order valence-corrected chi connectivity index (χ2v) is 5.95. The van der Waals surface area contributed by atoms with Crippen LogP contribution in [0.2, 0.25) is 0 Å². The van der Waals surface area contributed by atoms with Gasteiger partial charge < -0.3 is 5.73 Å². The molecule has 5 heteroatoms. The SMILES string of the molecule is CCCN(CC)S(=O)(=O)c1ccc(C)c(N)c1. The lowest BCUT2D eigenvalue weighted by Gasteiger charge is -2.20. The van der Waals surface area contributed by atoms with Crippen LogP contribution in [0.15, 0.2) is 23.1 Å². The molecular weight excluding hydrogens is 236 g/mol. The molecule has 2 N–H and O–H groups in total. The number of hydrogen-bond donors (Lipinski definition) is 1. The summed E-state index contributed by atoms with van der Waals surface area (Å²) in [5.74, 6) is 0. The third-order valence-electron chi connectivity index (χ3n) is 2.71. The summed E-state index contributed by atoms with van der Waals surface area (Å²) in [5.41, 5.74) is 7.15. The predicted molar refractivity (Wildman–Crippen MR) is 70.3 cm³/mol. The van der Waals surface area contributed by atoms with E-state index >= 15 is 0 Å². The molecule has 0 aromatic heterocycles. The van der Waals surface area contributed by atoms with Crippen molar-refractivity contribution in [3.8, 4) is 0 Å². The highest BCUT2D eigenvalue weighted by molar-refractivity contribution is 7.89. The van der Waals surface area contributed by atoms with Crippen molar-refractivity contribution in [1.82, 2.24) is 4.31 Å². The van der Waals surface area contributed by atoms with Crippen LogP contribution in [0.3, 0.4) is 0 Å². The van der Waals surface area contributed by atoms with Crippen LogP contribution in [0.4, 0.5) is 5.69 Å². The average Bonchev–Trinajstić information content (AvgIpc) is 2.29. The van der Waals surface area contributed by atoms with Crippen molar-refractivity contribution in [3.05, 3.63) is 23.8 Å². The van der Waals surface area contributed by atoms with E-state index in [4.69, 9.17) is 5.73 Å². The van der Waals surface area contributed by atoms with E-state index in [0.29, 0.717) is 18.8 Å². The van der Waals surface area contributed by atoms with Gasteiger partial charge in [0.25, 0.3) is 0 Å². The molecule has 17 heavy (non-hydrogen) atoms. The van der Waals surface area contributed by atoms with E-state index in [1.807, 2.05) is 20.8 Å². The lowest BCUT2D eigenvalue weighted by atomic mass is 10.2. The minimum Gasteiger partial charge on any atom is -0.398 e. The van der Waals surface area contributed by atoms with Gasteiger partial charge in [-0.2, -0.15) is 4.31 Å². The number of anilines is 1. The third-order valence-corrected chi connectivity index (χ3v) is 4.68. The second kappa shape index (κ2) is 5.51. The molecule has 0 spiro atoms. The van der Waals surface area contributed by atoms with E-state index < -0.39 is 10.0 Å². The first kappa shape index (κ1) is 14.0. The molecule has 0 fully saturated rings. The van der Waals surface area contributed by atoms with Crippen molar-refractivity contribution in [3.63, 3.8) is 0 Å². The summed E-state index contributed by atoms with van der Waals surface area (Å²) in [4.78, 5) is 0.274. The van der Waals surface area contributed by atoms with Crippen molar-refractivity contribution in [2.24, 2.45) is 0 Å². The highest BCUT2D eigenvalue weighted by Gasteiger charge is 2.22. The maximum atomic E-state index is 12.3. The van der Waals surface area contributed by atoms with Crippen LogP contribution in [-0.4, -0.2) is 25.8 Å². The van der Waals surface area contributed by atoms with Gasteiger partial charge in [-0.25, -0.2) is 8.42 Å². The van der Waals surface area contributed by atoms with Crippen molar-refractivity contribution in [1.29, 1.82) is 0 Å². The monoisotopic (exact) mass is 256 g/mol. The minimum atomic E-state index is -3.40. The van der Waals surface area contributed by atoms with Crippen LogP contribution in [0, 0.1) is 6.92 Å². The van der Waals surface area contributed by atoms with Crippen molar-refractivity contribution in [2.45, 2.75) is 32.1 Å². The zero-order chi connectivity index (χ0) is 13.1. The van der Waals surface area contributed by atoms with Crippen LogP contribution < -0.4 is 5.73 Å². The van der Waals surface area contributed by atoms with Crippen LogP contribution in [0.1, 0.15) is 25.8 Å². The van der Waals surface area contributed by atoms with Gasteiger partial charge in [-0.15, -0.1) is 0 Å². The maximum Gasteiger partial charge on any atom is 0.243 e. The number of nitrogen functional groups attached to an aromatic ring is 1. The van der Waals surface area contributed by atoms with E-state index in [2.05, 4.69) is 0 Å². The molecule has 0 amide bonds. The summed E-state index contributed by atoms with van der Waals surface area (Å²) >= 11 is 0. The molecule has 0 aliphatic heterocycles. The smallest absolute Gasteiger partial charge is 0.243 e. The number of benzene rings is 1. The molecule has 0 heterocycles. The lowest BCUT2D eigenvalue weighted by molar-refractivity contribution is 0.427. The Kier molecular flexibility index (Phi) is 4.54. The summed E-state index contributed by atoms with van der Waals surface area (Å²) in [7, 11) is -3.40. The summed E-state index contributed by atoms with van der Waals surface area (Å²) in [6.45, 7) is 6.67. The fraction of sp³-hybridized carbons (Fsp3) is 0.500. The molecule has 0 bridgehead atoms. The number of hydrogen-bond acceptors (Lipinski definition) is 3. The Morgan fingerprint density at radius 1 is 1.29 bits per heavy atom. The highest BCUT2D eigenvalue weighted by atomic mass is 32.2. The first-order chi connectivity index (χ1) is 7.93. The van der Waals surface area contributed by atoms with E-state index in [0.717, 1.165) is 12.0 Å². The fourth-order valence-corrected chi connectivity index (χ4v) is 3.20. The summed E-state index contributed by atoms with van der Waals surface area (Å²) in [6, 6.07) is 4.88. The van der Waals surface area contributed by atoms with Gasteiger partial charge in [-0.3, -0.25) is 0 Å². The van der Waals surface area contributed by atoms with Crippen molar-refractivity contribution < 1.29 is 8.42 Å². The number of nitrogens with two attached hydrogens (primary N) is 1. The van der Waals surface area contributed by atoms with Gasteiger partial charge in [-0.05, 0) is 31.0 Å². The molecule has 4 nitrogen and oxygen atoms in total. The van der Waals surface area contributed by atoms with Crippen LogP contribution in [-0.2, 0) is 10.0 Å². The molecule has 0 unspecified atom stereocenters. The van der Waals surface area contributed by atoms with Gasteiger partial charge in [0.2, 0.25) is 10.0 Å². The normalized spacial score (nSPS) is 12.0. The number of sulfonamides is 1. The second-order valence-electron chi connectivity index (χ2n) is 4.02. The van der Waals surface area contributed by atoms with Gasteiger partial charge in [0.1, 0.15) is 0 Å². The molecule has 0 radical (unpaired) electrons. The molecule has 0 atom stereocenters. The van der Waals surface area contributed by atoms with Gasteiger partial charge in [0.05, 0.1) is 4.90 Å². The standard InChI is InChI=1S/C12H20N2O2S/c1-4-8-14(5-2)17(15,16)11-7-6-10(3)12(13)9-11/h6-7,9H,4-5,8,13H2,1-3H3. The fourth-order valence-electron chi connectivity index (χ4n) is 1.63. The summed E-state index contributed by atoms with van der Waals surface area (Å²) in [6.07, 6.45) is 0.800. The van der Waals surface area contributed by atoms with Gasteiger partial charge in [-0.1, -0.05) is 19.9 Å². The average molecular weight is 256 g/mol. The number of aryl methyl sites for hydroxylation is 1. The number of rotatable bonds is 5. The van der Waals surface area contributed by atoms with Crippen molar-refractivity contribution >= 4 is 15.7 Å². The van der Waals surface area contributed by atoms with Crippen molar-refractivity contribution in [2.75, 3.05) is 18.8 Å². The van der Waals surface area contributed by atoms with E-state index in [1.165, 1.54) is 10.4 Å². The molecule has 0 saturated heterocycles. The Balaban J connectivity index is 3.15. The quantitative estimate of drug-likeness (QED) is 0.819. The Labute approximate surface area is 103 Å². The molecule has 1 aromatic rings. The van der Waals surface area contributed by atoms with Gasteiger partial charge >= 0.3 is 0 Å². The molecule has 0 aliphatic carbocycles.